The number of hydrogen-bond acceptors (Lipinski definition) is 3. The number of aliphatic carboxylic acids is 1. The van der Waals surface area contributed by atoms with Crippen LogP contribution in [0.2, 0.25) is 0 Å². The Kier molecular flexibility index (Phi) is 7.19. The summed E-state index contributed by atoms with van der Waals surface area (Å²) in [4.78, 5) is 38.4. The molecule has 120 valence electrons. The minimum atomic E-state index is -0.853. The summed E-state index contributed by atoms with van der Waals surface area (Å²) in [5.74, 6) is -0.868. The lowest BCUT2D eigenvalue weighted by Crippen LogP contribution is -2.52. The molecule has 0 aromatic carbocycles. The van der Waals surface area contributed by atoms with Crippen molar-refractivity contribution in [2.45, 2.75) is 57.9 Å². The molecule has 0 bridgehead atoms. The second kappa shape index (κ2) is 8.64. The summed E-state index contributed by atoms with van der Waals surface area (Å²) in [6.07, 6.45) is 4.36. The van der Waals surface area contributed by atoms with Gasteiger partial charge in [-0.1, -0.05) is 6.92 Å². The quantitative estimate of drug-likeness (QED) is 0.772. The highest BCUT2D eigenvalue weighted by Crippen LogP contribution is 2.20. The summed E-state index contributed by atoms with van der Waals surface area (Å²) in [7, 11) is 1.68. The number of carboxylic acid groups (broad SMARTS) is 1. The number of rotatable bonds is 7. The number of likely N-dealkylation sites (N-methyl/N-ethyl adjacent to an activating group) is 1. The first-order valence-electron chi connectivity index (χ1n) is 7.73. The largest absolute Gasteiger partial charge is 0.481 e. The van der Waals surface area contributed by atoms with E-state index in [1.807, 2.05) is 6.92 Å². The number of likely N-dealkylation sites (tertiary alicyclic amines) is 1. The molecule has 0 aliphatic carbocycles. The lowest BCUT2D eigenvalue weighted by molar-refractivity contribution is -0.147. The van der Waals surface area contributed by atoms with Crippen LogP contribution in [0.5, 0.6) is 0 Å². The average molecular weight is 298 g/mol. The van der Waals surface area contributed by atoms with E-state index in [1.54, 1.807) is 16.8 Å². The fraction of sp³-hybridized carbons (Fsp3) is 0.800. The predicted molar refractivity (Wildman–Crippen MR) is 78.8 cm³/mol. The van der Waals surface area contributed by atoms with Gasteiger partial charge in [0.25, 0.3) is 0 Å². The topological polar surface area (TPSA) is 77.9 Å². The van der Waals surface area contributed by atoms with Gasteiger partial charge in [0.2, 0.25) is 11.8 Å². The maximum Gasteiger partial charge on any atom is 0.303 e. The van der Waals surface area contributed by atoms with Crippen LogP contribution in [0.1, 0.15) is 51.9 Å². The third-order valence-electron chi connectivity index (χ3n) is 3.83. The number of carboxylic acids is 1. The Labute approximate surface area is 126 Å². The minimum Gasteiger partial charge on any atom is -0.481 e. The Morgan fingerprint density at radius 1 is 1.24 bits per heavy atom. The van der Waals surface area contributed by atoms with Crippen LogP contribution in [-0.2, 0) is 14.4 Å². The van der Waals surface area contributed by atoms with E-state index in [0.29, 0.717) is 32.4 Å². The summed E-state index contributed by atoms with van der Waals surface area (Å²) < 4.78 is 0. The maximum absolute atomic E-state index is 12.5. The van der Waals surface area contributed by atoms with Gasteiger partial charge < -0.3 is 14.9 Å². The first-order valence-corrected chi connectivity index (χ1v) is 7.73. The standard InChI is InChI=1S/C15H26N2O4/c1-3-7-13(18)17-11-5-4-8-12(17)15(21)16(2)10-6-9-14(19)20/h12H,3-11H2,1-2H3,(H,19,20). The van der Waals surface area contributed by atoms with Crippen molar-refractivity contribution in [3.05, 3.63) is 0 Å². The third-order valence-corrected chi connectivity index (χ3v) is 3.83. The fourth-order valence-corrected chi connectivity index (χ4v) is 2.68. The molecule has 0 radical (unpaired) electrons. The molecule has 1 atom stereocenters. The molecule has 6 heteroatoms. The fourth-order valence-electron chi connectivity index (χ4n) is 2.68. The summed E-state index contributed by atoms with van der Waals surface area (Å²) in [6, 6.07) is -0.368. The molecule has 1 saturated heterocycles. The van der Waals surface area contributed by atoms with Gasteiger partial charge >= 0.3 is 5.97 Å². The monoisotopic (exact) mass is 298 g/mol. The highest BCUT2D eigenvalue weighted by Gasteiger charge is 2.33. The minimum absolute atomic E-state index is 0.0504. The first kappa shape index (κ1) is 17.5. The Morgan fingerprint density at radius 3 is 2.57 bits per heavy atom. The zero-order valence-electron chi connectivity index (χ0n) is 13.0. The maximum atomic E-state index is 12.5. The van der Waals surface area contributed by atoms with Gasteiger partial charge in [0.15, 0.2) is 0 Å². The van der Waals surface area contributed by atoms with Gasteiger partial charge in [-0.05, 0) is 32.1 Å². The molecule has 6 nitrogen and oxygen atoms in total. The van der Waals surface area contributed by atoms with Gasteiger partial charge in [-0.25, -0.2) is 0 Å². The summed E-state index contributed by atoms with van der Waals surface area (Å²) in [6.45, 7) is 3.02. The van der Waals surface area contributed by atoms with Crippen molar-refractivity contribution in [3.8, 4) is 0 Å². The van der Waals surface area contributed by atoms with Gasteiger partial charge in [0, 0.05) is 33.0 Å². The van der Waals surface area contributed by atoms with E-state index in [0.717, 1.165) is 19.3 Å². The molecule has 1 aliphatic heterocycles. The number of nitrogens with zero attached hydrogens (tertiary/aromatic N) is 2. The van der Waals surface area contributed by atoms with Crippen molar-refractivity contribution in [2.75, 3.05) is 20.1 Å². The Balaban J connectivity index is 2.59. The van der Waals surface area contributed by atoms with Crippen molar-refractivity contribution in [3.63, 3.8) is 0 Å². The van der Waals surface area contributed by atoms with E-state index < -0.39 is 5.97 Å². The molecule has 1 aliphatic rings. The molecule has 1 unspecified atom stereocenters. The van der Waals surface area contributed by atoms with E-state index in [2.05, 4.69) is 0 Å². The van der Waals surface area contributed by atoms with Crippen LogP contribution in [0.3, 0.4) is 0 Å². The molecule has 1 rings (SSSR count). The van der Waals surface area contributed by atoms with E-state index in [4.69, 9.17) is 5.11 Å². The van der Waals surface area contributed by atoms with E-state index in [-0.39, 0.29) is 24.3 Å². The summed E-state index contributed by atoms with van der Waals surface area (Å²) >= 11 is 0. The van der Waals surface area contributed by atoms with Gasteiger partial charge in [0.05, 0.1) is 0 Å². The van der Waals surface area contributed by atoms with Gasteiger partial charge in [-0.2, -0.15) is 0 Å². The number of carbonyl (C=O) groups is 3. The highest BCUT2D eigenvalue weighted by atomic mass is 16.4. The molecule has 21 heavy (non-hydrogen) atoms. The van der Waals surface area contributed by atoms with Crippen molar-refractivity contribution >= 4 is 17.8 Å². The Bertz CT molecular complexity index is 384. The summed E-state index contributed by atoms with van der Waals surface area (Å²) in [5, 5.41) is 8.63. The molecule has 1 fully saturated rings. The molecular weight excluding hydrogens is 272 g/mol. The van der Waals surface area contributed by atoms with Gasteiger partial charge in [-0.15, -0.1) is 0 Å². The van der Waals surface area contributed by atoms with Crippen molar-refractivity contribution in [1.29, 1.82) is 0 Å². The molecule has 0 aromatic rings. The van der Waals surface area contributed by atoms with E-state index in [9.17, 15) is 14.4 Å². The summed E-state index contributed by atoms with van der Waals surface area (Å²) in [5.41, 5.74) is 0. The molecular formula is C15H26N2O4. The Morgan fingerprint density at radius 2 is 1.95 bits per heavy atom. The number of hydrogen-bond donors (Lipinski definition) is 1. The predicted octanol–water partition coefficient (Wildman–Crippen LogP) is 1.49. The van der Waals surface area contributed by atoms with Gasteiger partial charge in [0.1, 0.15) is 6.04 Å². The lowest BCUT2D eigenvalue weighted by atomic mass is 10.00. The van der Waals surface area contributed by atoms with Gasteiger partial charge in [-0.3, -0.25) is 14.4 Å². The highest BCUT2D eigenvalue weighted by molar-refractivity contribution is 5.87. The SMILES string of the molecule is CCCC(=O)N1CCCCC1C(=O)N(C)CCCC(=O)O. The van der Waals surface area contributed by atoms with E-state index >= 15 is 0 Å². The van der Waals surface area contributed by atoms with Crippen molar-refractivity contribution < 1.29 is 19.5 Å². The zero-order valence-corrected chi connectivity index (χ0v) is 13.0. The average Bonchev–Trinajstić information content (AvgIpc) is 2.46. The number of carbonyl (C=O) groups excluding carboxylic acids is 2. The van der Waals surface area contributed by atoms with E-state index in [1.165, 1.54) is 0 Å². The van der Waals surface area contributed by atoms with Crippen LogP contribution in [0, 0.1) is 0 Å². The van der Waals surface area contributed by atoms with Crippen LogP contribution in [0.15, 0.2) is 0 Å². The normalized spacial score (nSPS) is 18.4. The molecule has 1 N–H and O–H groups in total. The number of amides is 2. The zero-order chi connectivity index (χ0) is 15.8. The van der Waals surface area contributed by atoms with Crippen LogP contribution >= 0.6 is 0 Å². The molecule has 2 amide bonds. The smallest absolute Gasteiger partial charge is 0.303 e. The van der Waals surface area contributed by atoms with Crippen LogP contribution in [0.25, 0.3) is 0 Å². The molecule has 0 spiro atoms. The molecule has 0 aromatic heterocycles. The van der Waals surface area contributed by atoms with Crippen molar-refractivity contribution in [1.82, 2.24) is 9.80 Å². The number of piperidine rings is 1. The lowest BCUT2D eigenvalue weighted by Gasteiger charge is -2.37. The van der Waals surface area contributed by atoms with Crippen LogP contribution in [0.4, 0.5) is 0 Å². The van der Waals surface area contributed by atoms with Crippen molar-refractivity contribution in [2.24, 2.45) is 0 Å². The molecule has 1 heterocycles. The van der Waals surface area contributed by atoms with Crippen LogP contribution in [-0.4, -0.2) is 58.9 Å². The van der Waals surface area contributed by atoms with Crippen LogP contribution < -0.4 is 0 Å². The second-order valence-electron chi connectivity index (χ2n) is 5.61. The second-order valence-corrected chi connectivity index (χ2v) is 5.61. The third kappa shape index (κ3) is 5.36. The molecule has 0 saturated carbocycles. The first-order chi connectivity index (χ1) is 9.97. The Hall–Kier alpha value is -1.59.